The zero-order chi connectivity index (χ0) is 29.1. The summed E-state index contributed by atoms with van der Waals surface area (Å²) in [4.78, 5) is 48.0. The molecule has 0 unspecified atom stereocenters. The van der Waals surface area contributed by atoms with Gasteiger partial charge in [0.1, 0.15) is 12.3 Å². The Morgan fingerprint density at radius 3 is 2.10 bits per heavy atom. The van der Waals surface area contributed by atoms with Crippen LogP contribution in [-0.4, -0.2) is 48.4 Å². The fraction of sp³-hybridized carbons (Fsp3) is 0.226. The molecule has 2 amide bonds. The lowest BCUT2D eigenvalue weighted by Crippen LogP contribution is -2.33. The number of aryl methyl sites for hydroxylation is 1. The average Bonchev–Trinajstić information content (AvgIpc) is 3.29. The molecule has 0 spiro atoms. The Hall–Kier alpha value is -4.92. The van der Waals surface area contributed by atoms with E-state index in [-0.39, 0.29) is 17.9 Å². The average molecular weight is 544 g/mol. The second-order valence-electron chi connectivity index (χ2n) is 8.89. The van der Waals surface area contributed by atoms with Crippen LogP contribution < -0.4 is 15.8 Å². The van der Waals surface area contributed by atoms with Gasteiger partial charge in [0, 0.05) is 12.2 Å². The molecule has 3 N–H and O–H groups in total. The van der Waals surface area contributed by atoms with Gasteiger partial charge in [0.2, 0.25) is 0 Å². The van der Waals surface area contributed by atoms with Crippen LogP contribution in [0.3, 0.4) is 0 Å². The Kier molecular flexibility index (Phi) is 10.6. The lowest BCUT2D eigenvalue weighted by molar-refractivity contribution is -0.141. The molecule has 0 fully saturated rings. The van der Waals surface area contributed by atoms with Crippen molar-refractivity contribution in [2.24, 2.45) is 5.73 Å². The minimum absolute atomic E-state index is 0.168. The highest BCUT2D eigenvalue weighted by atomic mass is 16.5. The number of hydrogen-bond donors (Lipinski definition) is 2. The highest BCUT2D eigenvalue weighted by molar-refractivity contribution is 6.45. The molecule has 9 nitrogen and oxygen atoms in total. The van der Waals surface area contributed by atoms with Gasteiger partial charge in [-0.05, 0) is 31.0 Å². The van der Waals surface area contributed by atoms with Crippen LogP contribution >= 0.6 is 0 Å². The number of ketones is 1. The fourth-order valence-electron chi connectivity index (χ4n) is 4.19. The molecule has 3 aromatic carbocycles. The quantitative estimate of drug-likeness (QED) is 0.179. The van der Waals surface area contributed by atoms with Gasteiger partial charge in [-0.1, -0.05) is 79.2 Å². The van der Waals surface area contributed by atoms with Crippen molar-refractivity contribution in [1.29, 1.82) is 0 Å². The van der Waals surface area contributed by atoms with Gasteiger partial charge in [0.15, 0.2) is 6.61 Å². The number of nitrogens with two attached hydrogens (primary N) is 1. The molecule has 0 aliphatic rings. The Bertz CT molecular complexity index is 1480. The molecule has 0 saturated heterocycles. The van der Waals surface area contributed by atoms with Gasteiger partial charge in [-0.15, -0.1) is 0 Å². The largest absolute Gasteiger partial charge is 0.483 e. The van der Waals surface area contributed by atoms with Gasteiger partial charge in [0.25, 0.3) is 17.6 Å². The smallest absolute Gasteiger partial charge is 0.325 e. The molecule has 0 atom stereocenters. The zero-order valence-corrected chi connectivity index (χ0v) is 22.8. The normalized spacial score (nSPS) is 10.3. The molecule has 40 heavy (non-hydrogen) atoms. The third-order valence-electron chi connectivity index (χ3n) is 6.09. The molecule has 0 saturated carbocycles. The summed E-state index contributed by atoms with van der Waals surface area (Å²) in [6.07, 6.45) is 0.467. The Morgan fingerprint density at radius 2 is 1.55 bits per heavy atom. The van der Waals surface area contributed by atoms with Crippen LogP contribution in [0.15, 0.2) is 78.9 Å². The summed E-state index contributed by atoms with van der Waals surface area (Å²) < 4.78 is 12.1. The van der Waals surface area contributed by atoms with E-state index in [4.69, 9.17) is 10.5 Å². The first-order chi connectivity index (χ1) is 19.3. The first kappa shape index (κ1) is 29.6. The number of ether oxygens (including phenoxy) is 2. The summed E-state index contributed by atoms with van der Waals surface area (Å²) in [5, 5.41) is 2.79. The van der Waals surface area contributed by atoms with Gasteiger partial charge in [-0.3, -0.25) is 19.2 Å². The Labute approximate surface area is 232 Å². The number of aromatic nitrogens is 1. The third-order valence-corrected chi connectivity index (χ3v) is 6.09. The number of methoxy groups -OCH3 is 1. The van der Waals surface area contributed by atoms with Crippen LogP contribution in [0, 0.1) is 6.92 Å². The van der Waals surface area contributed by atoms with Crippen molar-refractivity contribution in [2.75, 3.05) is 20.3 Å². The summed E-state index contributed by atoms with van der Waals surface area (Å²) >= 11 is 0. The molecule has 0 aliphatic heterocycles. The maximum atomic E-state index is 12.8. The third kappa shape index (κ3) is 7.57. The minimum Gasteiger partial charge on any atom is -0.483 e. The molecule has 0 aliphatic carbocycles. The Balaban J connectivity index is 0.000000547. The highest BCUT2D eigenvalue weighted by Crippen LogP contribution is 2.35. The van der Waals surface area contributed by atoms with Crippen LogP contribution in [0.25, 0.3) is 10.9 Å². The fourth-order valence-corrected chi connectivity index (χ4v) is 4.19. The van der Waals surface area contributed by atoms with Crippen LogP contribution in [0.1, 0.15) is 34.1 Å². The summed E-state index contributed by atoms with van der Waals surface area (Å²) in [6.45, 7) is 3.75. The number of rotatable bonds is 10. The van der Waals surface area contributed by atoms with Crippen LogP contribution in [-0.2, 0) is 32.1 Å². The summed E-state index contributed by atoms with van der Waals surface area (Å²) in [5.41, 5.74) is 9.17. The predicted molar refractivity (Wildman–Crippen MR) is 152 cm³/mol. The zero-order valence-electron chi connectivity index (χ0n) is 22.8. The summed E-state index contributed by atoms with van der Waals surface area (Å²) in [7, 11) is 1.22. The number of amides is 2. The molecular weight excluding hydrogens is 510 g/mol. The molecule has 4 aromatic rings. The standard InChI is InChI=1S/C24H25N3O6.C7H8/c1-3-16-22(23(30)24(25)31)21-17(27(16)13-15-8-5-4-6-9-15)10-7-11-18(21)33-14-19(28)26-12-20(29)32-2;1-7-5-3-2-4-6-7/h4-11H,3,12-14H2,1-2H3,(H2,25,31)(H,26,28);2-6H,1H3. The van der Waals surface area contributed by atoms with Gasteiger partial charge in [0.05, 0.1) is 23.6 Å². The van der Waals surface area contributed by atoms with E-state index in [1.54, 1.807) is 12.1 Å². The van der Waals surface area contributed by atoms with Crippen molar-refractivity contribution in [3.63, 3.8) is 0 Å². The monoisotopic (exact) mass is 543 g/mol. The number of primary amides is 1. The van der Waals surface area contributed by atoms with Crippen molar-refractivity contribution >= 4 is 34.5 Å². The van der Waals surface area contributed by atoms with Gasteiger partial charge < -0.3 is 25.1 Å². The van der Waals surface area contributed by atoms with Crippen LogP contribution in [0.5, 0.6) is 5.75 Å². The summed E-state index contributed by atoms with van der Waals surface area (Å²) in [6, 6.07) is 25.1. The number of nitrogens with one attached hydrogen (secondary N) is 1. The van der Waals surface area contributed by atoms with Crippen molar-refractivity contribution in [3.8, 4) is 5.75 Å². The maximum absolute atomic E-state index is 12.8. The minimum atomic E-state index is -1.07. The molecule has 1 aromatic heterocycles. The first-order valence-electron chi connectivity index (χ1n) is 12.8. The molecule has 208 valence electrons. The van der Waals surface area contributed by atoms with E-state index in [0.717, 1.165) is 5.56 Å². The molecule has 4 rings (SSSR count). The number of esters is 1. The van der Waals surface area contributed by atoms with Crippen molar-refractivity contribution < 1.29 is 28.7 Å². The van der Waals surface area contributed by atoms with Crippen molar-refractivity contribution in [3.05, 3.63) is 101 Å². The summed E-state index contributed by atoms with van der Waals surface area (Å²) in [5.74, 6) is -2.78. The van der Waals surface area contributed by atoms with E-state index in [9.17, 15) is 19.2 Å². The second kappa shape index (κ2) is 14.3. The lowest BCUT2D eigenvalue weighted by Gasteiger charge is -2.11. The van der Waals surface area contributed by atoms with E-state index in [1.807, 2.05) is 66.1 Å². The van der Waals surface area contributed by atoms with E-state index >= 15 is 0 Å². The van der Waals surface area contributed by atoms with E-state index in [2.05, 4.69) is 29.1 Å². The molecule has 1 heterocycles. The van der Waals surface area contributed by atoms with E-state index < -0.39 is 30.2 Å². The van der Waals surface area contributed by atoms with Crippen LogP contribution in [0.2, 0.25) is 0 Å². The highest BCUT2D eigenvalue weighted by Gasteiger charge is 2.27. The molecule has 0 radical (unpaired) electrons. The predicted octanol–water partition coefficient (Wildman–Crippen LogP) is 3.58. The van der Waals surface area contributed by atoms with E-state index in [0.29, 0.717) is 29.6 Å². The van der Waals surface area contributed by atoms with Gasteiger partial charge >= 0.3 is 5.97 Å². The van der Waals surface area contributed by atoms with Gasteiger partial charge in [-0.2, -0.15) is 0 Å². The molecule has 9 heteroatoms. The van der Waals surface area contributed by atoms with Crippen LogP contribution in [0.4, 0.5) is 0 Å². The number of benzene rings is 3. The maximum Gasteiger partial charge on any atom is 0.325 e. The lowest BCUT2D eigenvalue weighted by atomic mass is 10.0. The number of nitrogens with zero attached hydrogens (tertiary/aromatic N) is 1. The number of hydrogen-bond acceptors (Lipinski definition) is 6. The van der Waals surface area contributed by atoms with Gasteiger partial charge in [-0.25, -0.2) is 0 Å². The SMILES string of the molecule is CCc1c(C(=O)C(N)=O)c2c(OCC(=O)NCC(=O)OC)cccc2n1Cc1ccccc1.Cc1ccccc1. The van der Waals surface area contributed by atoms with E-state index in [1.165, 1.54) is 12.7 Å². The Morgan fingerprint density at radius 1 is 0.900 bits per heavy atom. The topological polar surface area (TPSA) is 130 Å². The molecule has 0 bridgehead atoms. The second-order valence-corrected chi connectivity index (χ2v) is 8.89. The van der Waals surface area contributed by atoms with Crippen molar-refractivity contribution in [1.82, 2.24) is 9.88 Å². The number of carbonyl (C=O) groups excluding carboxylic acids is 4. The first-order valence-corrected chi connectivity index (χ1v) is 12.8. The number of carbonyl (C=O) groups is 4. The van der Waals surface area contributed by atoms with Crippen molar-refractivity contribution in [2.45, 2.75) is 26.8 Å². The number of fused-ring (bicyclic) bond motifs is 1. The molecular formula is C31H33N3O6. The number of Topliss-reactive ketones (excluding diaryl/α,β-unsaturated/α-hetero) is 1.